The van der Waals surface area contributed by atoms with E-state index in [2.05, 4.69) is 46.8 Å². The summed E-state index contributed by atoms with van der Waals surface area (Å²) in [5, 5.41) is 0. The normalized spacial score (nSPS) is 23.9. The van der Waals surface area contributed by atoms with Crippen molar-refractivity contribution in [2.75, 3.05) is 0 Å². The monoisotopic (exact) mass is 236 g/mol. The fourth-order valence-corrected chi connectivity index (χ4v) is 2.74. The van der Waals surface area contributed by atoms with Crippen LogP contribution in [0.3, 0.4) is 0 Å². The lowest BCUT2D eigenvalue weighted by molar-refractivity contribution is 0.0656. The van der Waals surface area contributed by atoms with E-state index >= 15 is 0 Å². The summed E-state index contributed by atoms with van der Waals surface area (Å²) in [5.74, 6) is 0.988. The fraction of sp³-hybridized carbons (Fsp3) is 0.882. The van der Waals surface area contributed by atoms with Gasteiger partial charge in [-0.05, 0) is 61.7 Å². The van der Waals surface area contributed by atoms with Crippen molar-refractivity contribution in [2.45, 2.75) is 79.6 Å². The molecule has 1 aliphatic carbocycles. The molecule has 0 bridgehead atoms. The first-order valence-electron chi connectivity index (χ1n) is 7.46. The van der Waals surface area contributed by atoms with Gasteiger partial charge in [0, 0.05) is 0 Å². The van der Waals surface area contributed by atoms with Crippen LogP contribution in [0.2, 0.25) is 0 Å². The highest BCUT2D eigenvalue weighted by Gasteiger charge is 2.37. The smallest absolute Gasteiger partial charge is 0.0326 e. The van der Waals surface area contributed by atoms with Crippen molar-refractivity contribution in [3.05, 3.63) is 12.2 Å². The molecule has 0 aliphatic heterocycles. The minimum absolute atomic E-state index is 0.504. The van der Waals surface area contributed by atoms with Gasteiger partial charge in [-0.25, -0.2) is 0 Å². The molecule has 0 heteroatoms. The third-order valence-electron chi connectivity index (χ3n) is 4.39. The highest BCUT2D eigenvalue weighted by molar-refractivity contribution is 4.91. The molecule has 0 aromatic heterocycles. The van der Waals surface area contributed by atoms with Crippen molar-refractivity contribution in [1.29, 1.82) is 0 Å². The maximum atomic E-state index is 2.42. The molecule has 1 rings (SSSR count). The van der Waals surface area contributed by atoms with E-state index in [1.165, 1.54) is 44.9 Å². The van der Waals surface area contributed by atoms with E-state index in [1.54, 1.807) is 0 Å². The second-order valence-electron chi connectivity index (χ2n) is 7.73. The number of hydrogen-bond acceptors (Lipinski definition) is 0. The molecular weight excluding hydrogens is 204 g/mol. The summed E-state index contributed by atoms with van der Waals surface area (Å²) in [6.07, 6.45) is 14.4. The summed E-state index contributed by atoms with van der Waals surface area (Å²) < 4.78 is 0. The van der Waals surface area contributed by atoms with Gasteiger partial charge in [-0.1, -0.05) is 46.8 Å². The van der Waals surface area contributed by atoms with Crippen LogP contribution in [0.1, 0.15) is 79.6 Å². The topological polar surface area (TPSA) is 0 Å². The molecule has 1 aliphatic rings. The van der Waals surface area contributed by atoms with Crippen LogP contribution in [-0.2, 0) is 0 Å². The quantitative estimate of drug-likeness (QED) is 0.393. The Bertz CT molecular complexity index is 239. The van der Waals surface area contributed by atoms with E-state index < -0.39 is 0 Å². The number of allylic oxidation sites excluding steroid dienone is 2. The maximum absolute atomic E-state index is 2.42. The van der Waals surface area contributed by atoms with Gasteiger partial charge in [-0.3, -0.25) is 0 Å². The van der Waals surface area contributed by atoms with Crippen molar-refractivity contribution in [3.8, 4) is 0 Å². The van der Waals surface area contributed by atoms with Crippen molar-refractivity contribution >= 4 is 0 Å². The van der Waals surface area contributed by atoms with Crippen LogP contribution in [0.5, 0.6) is 0 Å². The van der Waals surface area contributed by atoms with Crippen LogP contribution < -0.4 is 0 Å². The van der Waals surface area contributed by atoms with Crippen molar-refractivity contribution in [2.24, 2.45) is 16.7 Å². The van der Waals surface area contributed by atoms with Crippen molar-refractivity contribution < 1.29 is 0 Å². The Labute approximate surface area is 109 Å². The highest BCUT2D eigenvalue weighted by Crippen LogP contribution is 2.48. The molecule has 1 saturated carbocycles. The molecule has 0 N–H and O–H groups in total. The molecule has 100 valence electrons. The van der Waals surface area contributed by atoms with Crippen molar-refractivity contribution in [3.63, 3.8) is 0 Å². The van der Waals surface area contributed by atoms with Gasteiger partial charge in [0.1, 0.15) is 0 Å². The fourth-order valence-electron chi connectivity index (χ4n) is 2.74. The predicted octanol–water partition coefficient (Wildman–Crippen LogP) is 5.98. The summed E-state index contributed by atoms with van der Waals surface area (Å²) in [6.45, 7) is 11.8. The lowest BCUT2D eigenvalue weighted by Crippen LogP contribution is -2.34. The van der Waals surface area contributed by atoms with E-state index in [1.807, 2.05) is 0 Å². The zero-order valence-corrected chi connectivity index (χ0v) is 12.7. The van der Waals surface area contributed by atoms with E-state index in [0.717, 1.165) is 5.92 Å². The average Bonchev–Trinajstić information content (AvgIpc) is 2.19. The molecule has 0 heterocycles. The van der Waals surface area contributed by atoms with Gasteiger partial charge in [0.05, 0.1) is 0 Å². The first-order chi connectivity index (χ1) is 7.81. The van der Waals surface area contributed by atoms with Gasteiger partial charge < -0.3 is 0 Å². The van der Waals surface area contributed by atoms with Gasteiger partial charge in [-0.15, -0.1) is 0 Å². The molecule has 0 aromatic carbocycles. The Morgan fingerprint density at radius 2 is 1.76 bits per heavy atom. The molecular formula is C17H32. The molecule has 1 fully saturated rings. The van der Waals surface area contributed by atoms with Crippen LogP contribution in [0.25, 0.3) is 0 Å². The summed E-state index contributed by atoms with van der Waals surface area (Å²) in [4.78, 5) is 0. The molecule has 0 nitrogen and oxygen atoms in total. The van der Waals surface area contributed by atoms with Crippen LogP contribution >= 0.6 is 0 Å². The minimum Gasteiger partial charge on any atom is -0.0885 e. The first kappa shape index (κ1) is 14.8. The number of rotatable bonds is 6. The first-order valence-corrected chi connectivity index (χ1v) is 7.46. The lowest BCUT2D eigenvalue weighted by Gasteiger charge is -2.44. The molecule has 0 aromatic rings. The van der Waals surface area contributed by atoms with Gasteiger partial charge in [0.2, 0.25) is 0 Å². The number of unbranched alkanes of at least 4 members (excludes halogenated alkanes) is 1. The van der Waals surface area contributed by atoms with E-state index in [9.17, 15) is 0 Å². The Kier molecular flexibility index (Phi) is 5.28. The van der Waals surface area contributed by atoms with Crippen LogP contribution in [0.15, 0.2) is 12.2 Å². The Balaban J connectivity index is 2.00. The summed E-state index contributed by atoms with van der Waals surface area (Å²) in [5.41, 5.74) is 1.14. The molecule has 0 amide bonds. The second kappa shape index (κ2) is 6.07. The molecule has 1 atom stereocenters. The summed E-state index contributed by atoms with van der Waals surface area (Å²) in [7, 11) is 0. The van der Waals surface area contributed by atoms with Crippen LogP contribution in [-0.4, -0.2) is 0 Å². The number of hydrogen-bond donors (Lipinski definition) is 0. The molecule has 0 spiro atoms. The van der Waals surface area contributed by atoms with Crippen LogP contribution in [0.4, 0.5) is 0 Å². The molecule has 1 unspecified atom stereocenters. The molecule has 0 radical (unpaired) electrons. The van der Waals surface area contributed by atoms with Gasteiger partial charge in [-0.2, -0.15) is 0 Å². The predicted molar refractivity (Wildman–Crippen MR) is 78.2 cm³/mol. The SMILES string of the molecule is CC(C)(C)CCCC=CCCC1CCC1(C)C. The van der Waals surface area contributed by atoms with E-state index in [0.29, 0.717) is 10.8 Å². The standard InChI is InChI=1S/C17H32/c1-16(2,3)13-10-8-6-7-9-11-15-12-14-17(15,4)5/h6-7,15H,8-14H2,1-5H3. The molecule has 17 heavy (non-hydrogen) atoms. The lowest BCUT2D eigenvalue weighted by atomic mass is 9.61. The van der Waals surface area contributed by atoms with Gasteiger partial charge in [0.25, 0.3) is 0 Å². The van der Waals surface area contributed by atoms with Gasteiger partial charge in [0.15, 0.2) is 0 Å². The molecule has 0 saturated heterocycles. The Morgan fingerprint density at radius 3 is 2.24 bits per heavy atom. The third kappa shape index (κ3) is 5.75. The third-order valence-corrected chi connectivity index (χ3v) is 4.39. The zero-order chi connectivity index (χ0) is 12.9. The Hall–Kier alpha value is -0.260. The van der Waals surface area contributed by atoms with E-state index in [4.69, 9.17) is 0 Å². The largest absolute Gasteiger partial charge is 0.0885 e. The average molecular weight is 236 g/mol. The minimum atomic E-state index is 0.504. The van der Waals surface area contributed by atoms with Gasteiger partial charge >= 0.3 is 0 Å². The maximum Gasteiger partial charge on any atom is -0.0326 e. The van der Waals surface area contributed by atoms with E-state index in [-0.39, 0.29) is 0 Å². The summed E-state index contributed by atoms with van der Waals surface area (Å²) >= 11 is 0. The summed E-state index contributed by atoms with van der Waals surface area (Å²) in [6, 6.07) is 0. The van der Waals surface area contributed by atoms with Crippen LogP contribution in [0, 0.1) is 16.7 Å². The van der Waals surface area contributed by atoms with Crippen molar-refractivity contribution in [1.82, 2.24) is 0 Å². The Morgan fingerprint density at radius 1 is 1.12 bits per heavy atom. The second-order valence-corrected chi connectivity index (χ2v) is 7.73. The highest BCUT2D eigenvalue weighted by atomic mass is 14.4. The zero-order valence-electron chi connectivity index (χ0n) is 12.7.